The molecule has 0 fully saturated rings. The van der Waals surface area contributed by atoms with Crippen molar-refractivity contribution in [2.45, 2.75) is 25.5 Å². The van der Waals surface area contributed by atoms with Crippen LogP contribution < -0.4 is 14.8 Å². The fraction of sp³-hybridized carbons (Fsp3) is 0.364. The molecule has 0 unspecified atom stereocenters. The fourth-order valence-corrected chi connectivity index (χ4v) is 3.41. The van der Waals surface area contributed by atoms with E-state index in [1.54, 1.807) is 11.8 Å². The Morgan fingerprint density at radius 1 is 1.11 bits per heavy atom. The van der Waals surface area contributed by atoms with Gasteiger partial charge in [-0.25, -0.2) is 0 Å². The van der Waals surface area contributed by atoms with Crippen molar-refractivity contribution >= 4 is 17.7 Å². The van der Waals surface area contributed by atoms with Gasteiger partial charge in [0.1, 0.15) is 0 Å². The van der Waals surface area contributed by atoms with Crippen molar-refractivity contribution in [3.8, 4) is 17.6 Å². The molecule has 2 aromatic rings. The number of para-hydroxylation sites is 2. The van der Waals surface area contributed by atoms with Gasteiger partial charge in [0.2, 0.25) is 5.91 Å². The first-order valence-electron chi connectivity index (χ1n) is 9.41. The van der Waals surface area contributed by atoms with Crippen molar-refractivity contribution in [2.75, 3.05) is 25.5 Å². The molecule has 6 heteroatoms. The van der Waals surface area contributed by atoms with Crippen molar-refractivity contribution in [3.05, 3.63) is 59.7 Å². The van der Waals surface area contributed by atoms with Crippen molar-refractivity contribution < 1.29 is 14.3 Å². The zero-order valence-corrected chi connectivity index (χ0v) is 17.0. The van der Waals surface area contributed by atoms with E-state index in [2.05, 4.69) is 11.4 Å². The lowest BCUT2D eigenvalue weighted by atomic mass is 10.1. The molecule has 1 amide bonds. The lowest BCUT2D eigenvalue weighted by Crippen LogP contribution is -2.25. The van der Waals surface area contributed by atoms with Crippen LogP contribution in [0, 0.1) is 11.3 Å². The van der Waals surface area contributed by atoms with E-state index in [1.807, 2.05) is 55.5 Å². The molecule has 0 saturated carbocycles. The first-order valence-corrected chi connectivity index (χ1v) is 10.6. The number of ether oxygens (including phenoxy) is 2. The van der Waals surface area contributed by atoms with Gasteiger partial charge in [-0.3, -0.25) is 4.79 Å². The van der Waals surface area contributed by atoms with E-state index in [-0.39, 0.29) is 5.91 Å². The Morgan fingerprint density at radius 3 is 2.57 bits per heavy atom. The standard InChI is InChI=1S/C22H26N2O3S/c1-2-26-20-10-5-6-11-21(20)27-14-7-12-22(25)24-13-15-28-17-19-9-4-3-8-18(19)16-23/h3-6,8-11H,2,7,12-15,17H2,1H3,(H,24,25). The molecule has 5 nitrogen and oxygen atoms in total. The molecule has 2 aromatic carbocycles. The number of amides is 1. The molecule has 148 valence electrons. The van der Waals surface area contributed by atoms with Crippen molar-refractivity contribution in [2.24, 2.45) is 0 Å². The average Bonchev–Trinajstić information content (AvgIpc) is 2.72. The lowest BCUT2D eigenvalue weighted by molar-refractivity contribution is -0.121. The topological polar surface area (TPSA) is 71.3 Å². The van der Waals surface area contributed by atoms with Crippen LogP contribution in [-0.2, 0) is 10.5 Å². The number of thioether (sulfide) groups is 1. The smallest absolute Gasteiger partial charge is 0.220 e. The summed E-state index contributed by atoms with van der Waals surface area (Å²) in [6.45, 7) is 3.61. The average molecular weight is 399 g/mol. The highest BCUT2D eigenvalue weighted by Crippen LogP contribution is 2.26. The molecule has 0 bridgehead atoms. The molecule has 0 aliphatic carbocycles. The van der Waals surface area contributed by atoms with Crippen LogP contribution in [-0.4, -0.2) is 31.4 Å². The number of nitriles is 1. The summed E-state index contributed by atoms with van der Waals surface area (Å²) in [5.74, 6) is 3.04. The van der Waals surface area contributed by atoms with E-state index in [0.717, 1.165) is 22.8 Å². The van der Waals surface area contributed by atoms with Gasteiger partial charge in [-0.15, -0.1) is 0 Å². The van der Waals surface area contributed by atoms with Crippen LogP contribution in [0.25, 0.3) is 0 Å². The van der Waals surface area contributed by atoms with Gasteiger partial charge in [0.25, 0.3) is 0 Å². The zero-order chi connectivity index (χ0) is 20.0. The molecule has 0 heterocycles. The Bertz CT molecular complexity index is 789. The molecule has 0 aliphatic rings. The van der Waals surface area contributed by atoms with E-state index < -0.39 is 0 Å². The molecular weight excluding hydrogens is 372 g/mol. The van der Waals surface area contributed by atoms with Gasteiger partial charge in [-0.2, -0.15) is 17.0 Å². The maximum atomic E-state index is 11.9. The second kappa shape index (κ2) is 12.7. The van der Waals surface area contributed by atoms with Gasteiger partial charge in [-0.05, 0) is 37.1 Å². The first kappa shape index (κ1) is 21.6. The van der Waals surface area contributed by atoms with Gasteiger partial charge < -0.3 is 14.8 Å². The summed E-state index contributed by atoms with van der Waals surface area (Å²) in [6.07, 6.45) is 1.08. The molecule has 0 saturated heterocycles. The summed E-state index contributed by atoms with van der Waals surface area (Å²) in [6, 6.07) is 17.3. The molecule has 28 heavy (non-hydrogen) atoms. The van der Waals surface area contributed by atoms with Gasteiger partial charge in [0.15, 0.2) is 11.5 Å². The zero-order valence-electron chi connectivity index (χ0n) is 16.1. The van der Waals surface area contributed by atoms with Crippen molar-refractivity contribution in [3.63, 3.8) is 0 Å². The number of hydrogen-bond acceptors (Lipinski definition) is 5. The van der Waals surface area contributed by atoms with Crippen molar-refractivity contribution in [1.29, 1.82) is 5.26 Å². The molecule has 0 aliphatic heterocycles. The van der Waals surface area contributed by atoms with E-state index in [1.165, 1.54) is 0 Å². The summed E-state index contributed by atoms with van der Waals surface area (Å²) < 4.78 is 11.2. The van der Waals surface area contributed by atoms with E-state index in [9.17, 15) is 4.79 Å². The number of benzene rings is 2. The third-order valence-corrected chi connectivity index (χ3v) is 4.93. The number of hydrogen-bond donors (Lipinski definition) is 1. The highest BCUT2D eigenvalue weighted by atomic mass is 32.2. The maximum Gasteiger partial charge on any atom is 0.220 e. The molecular formula is C22H26N2O3S. The Hall–Kier alpha value is -2.65. The number of nitrogens with zero attached hydrogens (tertiary/aromatic N) is 1. The van der Waals surface area contributed by atoms with Gasteiger partial charge in [0.05, 0.1) is 24.8 Å². The second-order valence-corrected chi connectivity index (χ2v) is 7.11. The maximum absolute atomic E-state index is 11.9. The number of rotatable bonds is 12. The molecule has 0 atom stereocenters. The third-order valence-electron chi connectivity index (χ3n) is 3.92. The fourth-order valence-electron chi connectivity index (χ4n) is 2.55. The Labute approximate surface area is 171 Å². The summed E-state index contributed by atoms with van der Waals surface area (Å²) in [4.78, 5) is 11.9. The van der Waals surface area contributed by atoms with E-state index in [0.29, 0.717) is 43.9 Å². The van der Waals surface area contributed by atoms with Crippen LogP contribution in [0.3, 0.4) is 0 Å². The Kier molecular flexibility index (Phi) is 9.81. The SMILES string of the molecule is CCOc1ccccc1OCCCC(=O)NCCSCc1ccccc1C#N. The second-order valence-electron chi connectivity index (χ2n) is 6.00. The van der Waals surface area contributed by atoms with E-state index >= 15 is 0 Å². The van der Waals surface area contributed by atoms with Crippen LogP contribution in [0.4, 0.5) is 0 Å². The van der Waals surface area contributed by atoms with Gasteiger partial charge in [-0.1, -0.05) is 30.3 Å². The summed E-state index contributed by atoms with van der Waals surface area (Å²) in [5, 5.41) is 12.0. The quantitative estimate of drug-likeness (QED) is 0.544. The predicted octanol–water partition coefficient (Wildman–Crippen LogP) is 4.17. The third kappa shape index (κ3) is 7.53. The minimum absolute atomic E-state index is 0.0275. The van der Waals surface area contributed by atoms with Crippen LogP contribution in [0.5, 0.6) is 11.5 Å². The van der Waals surface area contributed by atoms with Crippen LogP contribution >= 0.6 is 11.8 Å². The largest absolute Gasteiger partial charge is 0.490 e. The summed E-state index contributed by atoms with van der Waals surface area (Å²) >= 11 is 1.71. The number of carbonyl (C=O) groups is 1. The van der Waals surface area contributed by atoms with Gasteiger partial charge >= 0.3 is 0 Å². The van der Waals surface area contributed by atoms with Gasteiger partial charge in [0, 0.05) is 24.5 Å². The first-order chi connectivity index (χ1) is 13.7. The minimum Gasteiger partial charge on any atom is -0.490 e. The number of nitrogens with one attached hydrogen (secondary N) is 1. The number of carbonyl (C=O) groups excluding carboxylic acids is 1. The summed E-state index contributed by atoms with van der Waals surface area (Å²) in [5.41, 5.74) is 1.75. The van der Waals surface area contributed by atoms with Crippen LogP contribution in [0.1, 0.15) is 30.9 Å². The normalized spacial score (nSPS) is 10.1. The van der Waals surface area contributed by atoms with E-state index in [4.69, 9.17) is 14.7 Å². The molecule has 0 radical (unpaired) electrons. The lowest BCUT2D eigenvalue weighted by Gasteiger charge is -2.11. The Morgan fingerprint density at radius 2 is 1.82 bits per heavy atom. The molecule has 0 aromatic heterocycles. The summed E-state index contributed by atoms with van der Waals surface area (Å²) in [7, 11) is 0. The highest BCUT2D eigenvalue weighted by molar-refractivity contribution is 7.98. The molecule has 2 rings (SSSR count). The molecule has 0 spiro atoms. The predicted molar refractivity (Wildman–Crippen MR) is 113 cm³/mol. The van der Waals surface area contributed by atoms with Crippen molar-refractivity contribution in [1.82, 2.24) is 5.32 Å². The monoisotopic (exact) mass is 398 g/mol. The molecule has 1 N–H and O–H groups in total. The minimum atomic E-state index is 0.0275. The van der Waals surface area contributed by atoms with Crippen LogP contribution in [0.15, 0.2) is 48.5 Å². The highest BCUT2D eigenvalue weighted by Gasteiger charge is 2.05. The Balaban J connectivity index is 1.56. The van der Waals surface area contributed by atoms with Crippen LogP contribution in [0.2, 0.25) is 0 Å².